The molecule has 0 radical (unpaired) electrons. The molecule has 1 aromatic carbocycles. The lowest BCUT2D eigenvalue weighted by molar-refractivity contribution is -0.772. The molecule has 0 spiro atoms. The van der Waals surface area contributed by atoms with Crippen LogP contribution in [0.25, 0.3) is 0 Å². The van der Waals surface area contributed by atoms with E-state index in [1.54, 1.807) is 39.3 Å². The molecule has 1 unspecified atom stereocenters. The van der Waals surface area contributed by atoms with Gasteiger partial charge in [-0.1, -0.05) is 4.68 Å². The minimum absolute atomic E-state index is 0.259. The topological polar surface area (TPSA) is 101 Å². The Labute approximate surface area is 137 Å². The molecule has 23 heavy (non-hydrogen) atoms. The van der Waals surface area contributed by atoms with Crippen molar-refractivity contribution in [1.29, 1.82) is 0 Å². The Morgan fingerprint density at radius 2 is 2.17 bits per heavy atom. The SMILES string of the molecule is COc1ccc(NC(=O)C(C)Sc2c([O-])on[n+]2C)c(OC)c1. The van der Waals surface area contributed by atoms with E-state index in [2.05, 4.69) is 15.1 Å². The standard InChI is InChI=1S/C14H17N3O5S/c1-8(23-13-14(19)22-16-17(13)2)12(18)15-10-6-5-9(20-3)7-11(10)21-4/h5-8H,1-4H3,(H-,15,16,18,19). The van der Waals surface area contributed by atoms with Crippen molar-refractivity contribution in [2.45, 2.75) is 17.2 Å². The van der Waals surface area contributed by atoms with Crippen LogP contribution < -0.4 is 24.6 Å². The molecule has 0 bridgehead atoms. The van der Waals surface area contributed by atoms with Crippen LogP contribution in [0.4, 0.5) is 5.69 Å². The highest BCUT2D eigenvalue weighted by molar-refractivity contribution is 8.00. The van der Waals surface area contributed by atoms with Gasteiger partial charge in [0.05, 0.1) is 30.4 Å². The van der Waals surface area contributed by atoms with Crippen LogP contribution in [-0.2, 0) is 11.8 Å². The third kappa shape index (κ3) is 3.86. The molecule has 1 aromatic heterocycles. The average Bonchev–Trinajstić information content (AvgIpc) is 2.86. The second-order valence-corrected chi connectivity index (χ2v) is 5.93. The van der Waals surface area contributed by atoms with Gasteiger partial charge in [-0.2, -0.15) is 0 Å². The highest BCUT2D eigenvalue weighted by Gasteiger charge is 2.23. The highest BCUT2D eigenvalue weighted by Crippen LogP contribution is 2.31. The maximum Gasteiger partial charge on any atom is 0.291 e. The first-order chi connectivity index (χ1) is 11.0. The zero-order valence-corrected chi connectivity index (χ0v) is 14.0. The minimum atomic E-state index is -0.570. The van der Waals surface area contributed by atoms with Gasteiger partial charge in [0.15, 0.2) is 13.0 Å². The van der Waals surface area contributed by atoms with Crippen LogP contribution in [0.5, 0.6) is 17.4 Å². The van der Waals surface area contributed by atoms with Crippen molar-refractivity contribution in [1.82, 2.24) is 5.27 Å². The number of nitrogens with zero attached hydrogens (tertiary/aromatic N) is 2. The number of hydrogen-bond acceptors (Lipinski definition) is 7. The van der Waals surface area contributed by atoms with Crippen LogP contribution in [0.3, 0.4) is 0 Å². The summed E-state index contributed by atoms with van der Waals surface area (Å²) in [6, 6.07) is 5.07. The molecule has 0 fully saturated rings. The van der Waals surface area contributed by atoms with E-state index >= 15 is 0 Å². The third-order valence-electron chi connectivity index (χ3n) is 3.04. The van der Waals surface area contributed by atoms with E-state index in [4.69, 9.17) is 9.47 Å². The summed E-state index contributed by atoms with van der Waals surface area (Å²) in [6.45, 7) is 1.68. The van der Waals surface area contributed by atoms with Crippen LogP contribution in [0.15, 0.2) is 27.7 Å². The molecule has 1 heterocycles. The molecule has 2 aromatic rings. The zero-order chi connectivity index (χ0) is 17.0. The molecule has 8 nitrogen and oxygen atoms in total. The molecule has 1 N–H and O–H groups in total. The molecule has 1 amide bonds. The number of benzene rings is 1. The predicted molar refractivity (Wildman–Crippen MR) is 80.6 cm³/mol. The first kappa shape index (κ1) is 16.9. The van der Waals surface area contributed by atoms with Gasteiger partial charge < -0.3 is 24.4 Å². The summed E-state index contributed by atoms with van der Waals surface area (Å²) in [4.78, 5) is 12.3. The summed E-state index contributed by atoms with van der Waals surface area (Å²) >= 11 is 1.07. The highest BCUT2D eigenvalue weighted by atomic mass is 32.2. The van der Waals surface area contributed by atoms with Gasteiger partial charge in [-0.3, -0.25) is 4.79 Å². The second-order valence-electron chi connectivity index (χ2n) is 4.60. The second kappa shape index (κ2) is 7.23. The van der Waals surface area contributed by atoms with Crippen molar-refractivity contribution in [2.75, 3.05) is 19.5 Å². The number of rotatable bonds is 6. The Morgan fingerprint density at radius 1 is 1.43 bits per heavy atom. The largest absolute Gasteiger partial charge is 0.538 e. The number of methoxy groups -OCH3 is 2. The number of anilines is 1. The van der Waals surface area contributed by atoms with E-state index in [-0.39, 0.29) is 10.9 Å². The van der Waals surface area contributed by atoms with Crippen LogP contribution in [0, 0.1) is 0 Å². The third-order valence-corrected chi connectivity index (χ3v) is 4.26. The maximum absolute atomic E-state index is 12.3. The van der Waals surface area contributed by atoms with E-state index in [1.165, 1.54) is 11.8 Å². The molecule has 0 aliphatic carbocycles. The number of amides is 1. The van der Waals surface area contributed by atoms with Crippen molar-refractivity contribution in [2.24, 2.45) is 7.05 Å². The number of aryl methyl sites for hydroxylation is 1. The van der Waals surface area contributed by atoms with Crippen molar-refractivity contribution in [3.8, 4) is 17.4 Å². The number of aromatic nitrogens is 2. The molecule has 2 rings (SSSR count). The van der Waals surface area contributed by atoms with Crippen molar-refractivity contribution in [3.05, 3.63) is 18.2 Å². The zero-order valence-electron chi connectivity index (χ0n) is 13.2. The van der Waals surface area contributed by atoms with Gasteiger partial charge in [0.25, 0.3) is 5.03 Å². The minimum Gasteiger partial charge on any atom is -0.538 e. The Kier molecular flexibility index (Phi) is 5.32. The summed E-state index contributed by atoms with van der Waals surface area (Å²) in [5.41, 5.74) is 0.516. The Hall–Kier alpha value is -2.42. The molecule has 1 atom stereocenters. The van der Waals surface area contributed by atoms with Gasteiger partial charge in [-0.25, -0.2) is 0 Å². The van der Waals surface area contributed by atoms with Gasteiger partial charge in [-0.05, 0) is 30.8 Å². The van der Waals surface area contributed by atoms with Gasteiger partial charge in [0.1, 0.15) is 11.5 Å². The van der Waals surface area contributed by atoms with E-state index in [0.717, 1.165) is 11.8 Å². The van der Waals surface area contributed by atoms with E-state index in [1.807, 2.05) is 0 Å². The molecule has 9 heteroatoms. The monoisotopic (exact) mass is 339 g/mol. The fourth-order valence-corrected chi connectivity index (χ4v) is 2.61. The van der Waals surface area contributed by atoms with Crippen molar-refractivity contribution < 1.29 is 28.6 Å². The number of carbonyl (C=O) groups excluding carboxylic acids is 1. The van der Waals surface area contributed by atoms with Crippen LogP contribution in [-0.4, -0.2) is 30.6 Å². The predicted octanol–water partition coefficient (Wildman–Crippen LogP) is 0.709. The molecule has 0 saturated heterocycles. The lowest BCUT2D eigenvalue weighted by Crippen LogP contribution is -2.33. The van der Waals surface area contributed by atoms with Crippen molar-refractivity contribution >= 4 is 23.4 Å². The summed E-state index contributed by atoms with van der Waals surface area (Å²) in [7, 11) is 4.62. The van der Waals surface area contributed by atoms with Crippen molar-refractivity contribution in [3.63, 3.8) is 0 Å². The van der Waals surface area contributed by atoms with E-state index < -0.39 is 11.2 Å². The number of nitrogens with one attached hydrogen (secondary N) is 1. The van der Waals surface area contributed by atoms with E-state index in [0.29, 0.717) is 17.2 Å². The normalized spacial score (nSPS) is 11.8. The van der Waals surface area contributed by atoms with Gasteiger partial charge in [0, 0.05) is 6.07 Å². The summed E-state index contributed by atoms with van der Waals surface area (Å²) in [5, 5.41) is 17.5. The lowest BCUT2D eigenvalue weighted by Gasteiger charge is -2.14. The summed E-state index contributed by atoms with van der Waals surface area (Å²) < 4.78 is 16.2. The van der Waals surface area contributed by atoms with Crippen LogP contribution in [0.1, 0.15) is 6.92 Å². The van der Waals surface area contributed by atoms with Gasteiger partial charge >= 0.3 is 0 Å². The molecule has 0 saturated carbocycles. The summed E-state index contributed by atoms with van der Waals surface area (Å²) in [5.74, 6) is 0.253. The Balaban J connectivity index is 2.09. The lowest BCUT2D eigenvalue weighted by atomic mass is 10.2. The first-order valence-corrected chi connectivity index (χ1v) is 7.56. The average molecular weight is 339 g/mol. The smallest absolute Gasteiger partial charge is 0.291 e. The Bertz CT molecular complexity index is 684. The van der Waals surface area contributed by atoms with Gasteiger partial charge in [0.2, 0.25) is 5.91 Å². The molecule has 0 aliphatic heterocycles. The quantitative estimate of drug-likeness (QED) is 0.611. The number of thioether (sulfide) groups is 1. The fraction of sp³-hybridized carbons (Fsp3) is 0.357. The van der Waals surface area contributed by atoms with Gasteiger partial charge in [-0.15, -0.1) is 0 Å². The fourth-order valence-electron chi connectivity index (χ4n) is 1.79. The molecular formula is C14H17N3O5S. The first-order valence-electron chi connectivity index (χ1n) is 6.68. The maximum atomic E-state index is 12.3. The number of carbonyl (C=O) groups is 1. The van der Waals surface area contributed by atoms with Crippen LogP contribution >= 0.6 is 11.8 Å². The molecule has 124 valence electrons. The number of ether oxygens (including phenoxy) is 2. The summed E-state index contributed by atoms with van der Waals surface area (Å²) in [6.07, 6.45) is 0. The Morgan fingerprint density at radius 3 is 2.74 bits per heavy atom. The van der Waals surface area contributed by atoms with Crippen LogP contribution in [0.2, 0.25) is 0 Å². The molecule has 0 aliphatic rings. The molecular weight excluding hydrogens is 322 g/mol. The number of hydrogen-bond donors (Lipinski definition) is 1. The van der Waals surface area contributed by atoms with E-state index in [9.17, 15) is 9.90 Å².